The van der Waals surface area contributed by atoms with E-state index in [1.54, 1.807) is 4.90 Å². The number of thioether (sulfide) groups is 1. The number of nitrogens with one attached hydrogen (secondary N) is 1. The molecule has 1 aliphatic heterocycles. The van der Waals surface area contributed by atoms with Gasteiger partial charge in [-0.1, -0.05) is 17.8 Å². The second kappa shape index (κ2) is 9.46. The highest BCUT2D eigenvalue weighted by Gasteiger charge is 2.17. The molecule has 0 unspecified atom stereocenters. The maximum Gasteiger partial charge on any atom is 0.311 e. The molecule has 3 rings (SSSR count). The minimum Gasteiger partial charge on any atom is -0.469 e. The summed E-state index contributed by atoms with van der Waals surface area (Å²) in [6.07, 6.45) is -0.104. The van der Waals surface area contributed by atoms with Gasteiger partial charge in [0.1, 0.15) is 0 Å². The Labute approximate surface area is 171 Å². The van der Waals surface area contributed by atoms with Gasteiger partial charge in [0.05, 0.1) is 25.0 Å². The average molecular weight is 419 g/mol. The highest BCUT2D eigenvalue weighted by Crippen LogP contribution is 2.32. The quantitative estimate of drug-likeness (QED) is 0.388. The second-order valence-corrected chi connectivity index (χ2v) is 7.14. The van der Waals surface area contributed by atoms with Crippen molar-refractivity contribution in [3.05, 3.63) is 45.9 Å². The lowest BCUT2D eigenvalue weighted by atomic mass is 10.2. The fourth-order valence-electron chi connectivity index (χ4n) is 2.72. The molecule has 1 N–H and O–H groups in total. The monoisotopic (exact) mass is 419 g/mol. The fourth-order valence-corrected chi connectivity index (χ4v) is 3.52. The zero-order chi connectivity index (χ0) is 20.8. The molecule has 154 valence electrons. The van der Waals surface area contributed by atoms with Crippen molar-refractivity contribution in [3.8, 4) is 11.5 Å². The number of hydrogen-bond donors (Lipinski definition) is 1. The maximum absolute atomic E-state index is 12.6. The number of aromatic nitrogens is 2. The van der Waals surface area contributed by atoms with E-state index in [1.807, 2.05) is 25.1 Å². The summed E-state index contributed by atoms with van der Waals surface area (Å²) in [4.78, 5) is 44.3. The highest BCUT2D eigenvalue weighted by atomic mass is 32.2. The molecule has 10 heteroatoms. The van der Waals surface area contributed by atoms with Gasteiger partial charge in [0, 0.05) is 19.2 Å². The zero-order valence-electron chi connectivity index (χ0n) is 16.1. The van der Waals surface area contributed by atoms with Crippen molar-refractivity contribution in [2.75, 3.05) is 26.2 Å². The van der Waals surface area contributed by atoms with Crippen LogP contribution in [0.1, 0.15) is 18.2 Å². The molecule has 0 saturated heterocycles. The first kappa shape index (κ1) is 20.7. The summed E-state index contributed by atoms with van der Waals surface area (Å²) in [7, 11) is 1.27. The van der Waals surface area contributed by atoms with Crippen LogP contribution in [0.4, 0.5) is 0 Å². The largest absolute Gasteiger partial charge is 0.469 e. The van der Waals surface area contributed by atoms with Crippen molar-refractivity contribution in [2.45, 2.75) is 25.0 Å². The Hall–Kier alpha value is -3.01. The summed E-state index contributed by atoms with van der Waals surface area (Å²) in [6, 6.07) is 6.82. The standard InChI is InChI=1S/C19H21N3O6S/c1-3-22(9-12-4-5-14-15(6-12)28-11-27-14)17(24)10-29-19-20-13(7-16(23)21-19)8-18(25)26-2/h4-7H,3,8-11H2,1-2H3,(H,20,21,23). The molecule has 1 aromatic heterocycles. The number of ether oxygens (including phenoxy) is 3. The van der Waals surface area contributed by atoms with Gasteiger partial charge in [-0.05, 0) is 24.6 Å². The van der Waals surface area contributed by atoms with Gasteiger partial charge in [-0.3, -0.25) is 14.4 Å². The summed E-state index contributed by atoms with van der Waals surface area (Å²) in [5.74, 6) is 0.876. The number of esters is 1. The highest BCUT2D eigenvalue weighted by molar-refractivity contribution is 7.99. The topological polar surface area (TPSA) is 111 Å². The first-order valence-corrected chi connectivity index (χ1v) is 9.93. The first-order chi connectivity index (χ1) is 14.0. The van der Waals surface area contributed by atoms with Crippen LogP contribution >= 0.6 is 11.8 Å². The van der Waals surface area contributed by atoms with Gasteiger partial charge in [0.2, 0.25) is 12.7 Å². The summed E-state index contributed by atoms with van der Waals surface area (Å²) >= 11 is 1.11. The number of nitrogens with zero attached hydrogens (tertiary/aromatic N) is 2. The number of rotatable bonds is 8. The van der Waals surface area contributed by atoms with Crippen LogP contribution in [0.3, 0.4) is 0 Å². The van der Waals surface area contributed by atoms with Crippen molar-refractivity contribution in [1.29, 1.82) is 0 Å². The average Bonchev–Trinajstić information content (AvgIpc) is 3.17. The number of amides is 1. The fraction of sp³-hybridized carbons (Fsp3) is 0.368. The van der Waals surface area contributed by atoms with Crippen molar-refractivity contribution in [3.63, 3.8) is 0 Å². The van der Waals surface area contributed by atoms with E-state index < -0.39 is 5.97 Å². The minimum atomic E-state index is -0.490. The van der Waals surface area contributed by atoms with E-state index in [9.17, 15) is 14.4 Å². The molecular formula is C19H21N3O6S. The van der Waals surface area contributed by atoms with Gasteiger partial charge in [0.15, 0.2) is 16.7 Å². The molecule has 29 heavy (non-hydrogen) atoms. The molecule has 0 radical (unpaired) electrons. The molecule has 0 atom stereocenters. The number of methoxy groups -OCH3 is 1. The van der Waals surface area contributed by atoms with Crippen molar-refractivity contribution in [2.24, 2.45) is 0 Å². The Morgan fingerprint density at radius 1 is 1.28 bits per heavy atom. The molecule has 1 aliphatic rings. The number of benzene rings is 1. The molecule has 1 amide bonds. The van der Waals surface area contributed by atoms with Gasteiger partial charge in [-0.15, -0.1) is 0 Å². The first-order valence-electron chi connectivity index (χ1n) is 8.94. The zero-order valence-corrected chi connectivity index (χ0v) is 16.9. The van der Waals surface area contributed by atoms with E-state index in [2.05, 4.69) is 14.7 Å². The predicted molar refractivity (Wildman–Crippen MR) is 105 cm³/mol. The Bertz CT molecular complexity index is 961. The van der Waals surface area contributed by atoms with E-state index in [0.29, 0.717) is 30.3 Å². The van der Waals surface area contributed by atoms with Crippen LogP contribution in [-0.2, 0) is 27.3 Å². The molecule has 0 spiro atoms. The van der Waals surface area contributed by atoms with Crippen molar-refractivity contribution in [1.82, 2.24) is 14.9 Å². The second-order valence-electron chi connectivity index (χ2n) is 6.18. The van der Waals surface area contributed by atoms with Gasteiger partial charge >= 0.3 is 5.97 Å². The molecule has 0 aliphatic carbocycles. The van der Waals surface area contributed by atoms with Crippen LogP contribution in [0.25, 0.3) is 0 Å². The molecule has 2 heterocycles. The van der Waals surface area contributed by atoms with Gasteiger partial charge < -0.3 is 24.1 Å². The van der Waals surface area contributed by atoms with Crippen LogP contribution in [0.5, 0.6) is 11.5 Å². The Morgan fingerprint density at radius 3 is 2.83 bits per heavy atom. The van der Waals surface area contributed by atoms with Crippen molar-refractivity contribution < 1.29 is 23.8 Å². The Morgan fingerprint density at radius 2 is 2.07 bits per heavy atom. The van der Waals surface area contributed by atoms with Gasteiger partial charge in [-0.2, -0.15) is 0 Å². The van der Waals surface area contributed by atoms with Crippen LogP contribution in [-0.4, -0.2) is 52.9 Å². The van der Waals surface area contributed by atoms with E-state index in [1.165, 1.54) is 13.2 Å². The lowest BCUT2D eigenvalue weighted by Gasteiger charge is -2.21. The number of fused-ring (bicyclic) bond motifs is 1. The SMILES string of the molecule is CCN(Cc1ccc2c(c1)OCO2)C(=O)CSc1nc(CC(=O)OC)cc(=O)[nH]1. The third-order valence-electron chi connectivity index (χ3n) is 4.20. The maximum atomic E-state index is 12.6. The van der Waals surface area contributed by atoms with Crippen LogP contribution in [0.15, 0.2) is 34.2 Å². The number of aromatic amines is 1. The van der Waals surface area contributed by atoms with E-state index >= 15 is 0 Å². The molecule has 0 bridgehead atoms. The smallest absolute Gasteiger partial charge is 0.311 e. The minimum absolute atomic E-state index is 0.100. The predicted octanol–water partition coefficient (Wildman–Crippen LogP) is 1.35. The molecule has 2 aromatic rings. The number of H-pyrrole nitrogens is 1. The Balaban J connectivity index is 1.61. The molecule has 9 nitrogen and oxygen atoms in total. The molecule has 1 aromatic carbocycles. The van der Waals surface area contributed by atoms with E-state index in [-0.39, 0.29) is 35.6 Å². The molecule has 0 fully saturated rings. The van der Waals surface area contributed by atoms with Crippen molar-refractivity contribution >= 4 is 23.6 Å². The lowest BCUT2D eigenvalue weighted by molar-refractivity contribution is -0.139. The Kier molecular flexibility index (Phi) is 6.76. The van der Waals surface area contributed by atoms with E-state index in [4.69, 9.17) is 9.47 Å². The number of carbonyl (C=O) groups excluding carboxylic acids is 2. The van der Waals surface area contributed by atoms with Crippen LogP contribution in [0, 0.1) is 0 Å². The lowest BCUT2D eigenvalue weighted by Crippen LogP contribution is -2.31. The number of hydrogen-bond acceptors (Lipinski definition) is 8. The molecule has 0 saturated carbocycles. The summed E-state index contributed by atoms with van der Waals surface area (Å²) in [5.41, 5.74) is 0.839. The van der Waals surface area contributed by atoms with E-state index in [0.717, 1.165) is 17.3 Å². The number of carbonyl (C=O) groups is 2. The normalized spacial score (nSPS) is 11.9. The van der Waals surface area contributed by atoms with Crippen LogP contribution < -0.4 is 15.0 Å². The third-order valence-corrected chi connectivity index (χ3v) is 5.06. The van der Waals surface area contributed by atoms with Gasteiger partial charge in [0.25, 0.3) is 5.56 Å². The third kappa shape index (κ3) is 5.50. The summed E-state index contributed by atoms with van der Waals surface area (Å²) in [6.45, 7) is 3.05. The van der Waals surface area contributed by atoms with Crippen LogP contribution in [0.2, 0.25) is 0 Å². The summed E-state index contributed by atoms with van der Waals surface area (Å²) in [5, 5.41) is 0.281. The molecular weight excluding hydrogens is 398 g/mol. The summed E-state index contributed by atoms with van der Waals surface area (Å²) < 4.78 is 15.3. The van der Waals surface area contributed by atoms with Gasteiger partial charge in [-0.25, -0.2) is 4.98 Å².